The molecule has 1 N–H and O–H groups in total. The van der Waals surface area contributed by atoms with Crippen molar-refractivity contribution >= 4 is 23.4 Å². The molecule has 27 heavy (non-hydrogen) atoms. The van der Waals surface area contributed by atoms with Crippen LogP contribution in [0.15, 0.2) is 53.7 Å². The first-order valence-corrected chi connectivity index (χ1v) is 9.55. The molecule has 7 heteroatoms. The lowest BCUT2D eigenvalue weighted by Crippen LogP contribution is -2.15. The van der Waals surface area contributed by atoms with E-state index in [1.165, 1.54) is 11.8 Å². The molecule has 0 bridgehead atoms. The van der Waals surface area contributed by atoms with Gasteiger partial charge >= 0.3 is 0 Å². The number of carbonyl (C=O) groups is 1. The summed E-state index contributed by atoms with van der Waals surface area (Å²) in [5.74, 6) is 1.90. The molecule has 0 radical (unpaired) electrons. The van der Waals surface area contributed by atoms with Gasteiger partial charge in [-0.15, -0.1) is 10.2 Å². The number of ether oxygens (including phenoxy) is 1. The fraction of sp³-hybridized carbons (Fsp3) is 0.250. The van der Waals surface area contributed by atoms with Gasteiger partial charge in [0, 0.05) is 19.2 Å². The lowest BCUT2D eigenvalue weighted by Gasteiger charge is -2.08. The minimum absolute atomic E-state index is 0.0611. The van der Waals surface area contributed by atoms with E-state index in [-0.39, 0.29) is 11.7 Å². The number of hydrogen-bond acceptors (Lipinski definition) is 5. The Hall–Kier alpha value is -2.80. The molecule has 1 heterocycles. The molecule has 3 aromatic rings. The summed E-state index contributed by atoms with van der Waals surface area (Å²) < 4.78 is 7.10. The standard InChI is InChI=1S/C20H22N4O2S/c1-14-6-4-5-7-17(14)21-19(25)13-27-20-23-22-18(24(20)2)12-15-8-10-16(26-3)11-9-15/h4-11H,12-13H2,1-3H3,(H,21,25). The zero-order valence-corrected chi connectivity index (χ0v) is 16.4. The van der Waals surface area contributed by atoms with E-state index in [1.807, 2.05) is 67.1 Å². The molecule has 2 aromatic carbocycles. The Bertz CT molecular complexity index is 922. The number of methoxy groups -OCH3 is 1. The molecule has 0 aliphatic rings. The van der Waals surface area contributed by atoms with Crippen LogP contribution in [0.3, 0.4) is 0 Å². The first-order chi connectivity index (χ1) is 13.1. The Morgan fingerprint density at radius 2 is 1.89 bits per heavy atom. The third-order valence-corrected chi connectivity index (χ3v) is 5.22. The van der Waals surface area contributed by atoms with Crippen molar-refractivity contribution in [2.75, 3.05) is 18.2 Å². The van der Waals surface area contributed by atoms with E-state index in [4.69, 9.17) is 4.74 Å². The Morgan fingerprint density at radius 3 is 2.59 bits per heavy atom. The molecule has 140 valence electrons. The molecule has 0 aliphatic carbocycles. The largest absolute Gasteiger partial charge is 0.497 e. The van der Waals surface area contributed by atoms with E-state index in [2.05, 4.69) is 15.5 Å². The Labute approximate surface area is 163 Å². The van der Waals surface area contributed by atoms with Crippen LogP contribution in [0.25, 0.3) is 0 Å². The van der Waals surface area contributed by atoms with E-state index < -0.39 is 0 Å². The number of hydrogen-bond donors (Lipinski definition) is 1. The van der Waals surface area contributed by atoms with Gasteiger partial charge in [0.2, 0.25) is 5.91 Å². The third-order valence-electron chi connectivity index (χ3n) is 4.20. The average molecular weight is 382 g/mol. The Balaban J connectivity index is 1.58. The average Bonchev–Trinajstić information content (AvgIpc) is 3.02. The zero-order chi connectivity index (χ0) is 19.2. The first-order valence-electron chi connectivity index (χ1n) is 8.56. The van der Waals surface area contributed by atoms with Gasteiger partial charge in [0.1, 0.15) is 11.6 Å². The summed E-state index contributed by atoms with van der Waals surface area (Å²) in [6.07, 6.45) is 0.670. The van der Waals surface area contributed by atoms with E-state index in [0.29, 0.717) is 6.42 Å². The lowest BCUT2D eigenvalue weighted by atomic mass is 10.1. The van der Waals surface area contributed by atoms with Crippen molar-refractivity contribution < 1.29 is 9.53 Å². The molecule has 0 saturated carbocycles. The van der Waals surface area contributed by atoms with Gasteiger partial charge in [-0.05, 0) is 36.2 Å². The molecule has 1 amide bonds. The molecule has 0 aliphatic heterocycles. The van der Waals surface area contributed by atoms with E-state index in [1.54, 1.807) is 7.11 Å². The number of nitrogens with zero attached hydrogens (tertiary/aromatic N) is 3. The highest BCUT2D eigenvalue weighted by atomic mass is 32.2. The topological polar surface area (TPSA) is 69.0 Å². The number of aromatic nitrogens is 3. The second kappa shape index (κ2) is 8.73. The van der Waals surface area contributed by atoms with Gasteiger partial charge in [-0.2, -0.15) is 0 Å². The molecular formula is C20H22N4O2S. The summed E-state index contributed by atoms with van der Waals surface area (Å²) in [5, 5.41) is 12.1. The predicted molar refractivity (Wildman–Crippen MR) is 107 cm³/mol. The van der Waals surface area contributed by atoms with Crippen molar-refractivity contribution in [2.24, 2.45) is 7.05 Å². The molecule has 1 aromatic heterocycles. The highest BCUT2D eigenvalue weighted by Crippen LogP contribution is 2.20. The quantitative estimate of drug-likeness (QED) is 0.634. The van der Waals surface area contributed by atoms with Gasteiger partial charge in [0.25, 0.3) is 0 Å². The highest BCUT2D eigenvalue weighted by Gasteiger charge is 2.12. The van der Waals surface area contributed by atoms with Gasteiger partial charge in [-0.25, -0.2) is 0 Å². The van der Waals surface area contributed by atoms with Crippen molar-refractivity contribution in [1.29, 1.82) is 0 Å². The van der Waals surface area contributed by atoms with Gasteiger partial charge in [-0.3, -0.25) is 4.79 Å². The number of aryl methyl sites for hydroxylation is 1. The minimum Gasteiger partial charge on any atom is -0.497 e. The van der Waals surface area contributed by atoms with E-state index in [0.717, 1.165) is 33.5 Å². The van der Waals surface area contributed by atoms with E-state index in [9.17, 15) is 4.79 Å². The van der Waals surface area contributed by atoms with Crippen molar-refractivity contribution in [1.82, 2.24) is 14.8 Å². The molecule has 3 rings (SSSR count). The fourth-order valence-corrected chi connectivity index (χ4v) is 3.31. The predicted octanol–water partition coefficient (Wildman–Crippen LogP) is 3.45. The van der Waals surface area contributed by atoms with Crippen molar-refractivity contribution in [3.63, 3.8) is 0 Å². The van der Waals surface area contributed by atoms with Crippen molar-refractivity contribution in [3.8, 4) is 5.75 Å². The number of carbonyl (C=O) groups excluding carboxylic acids is 1. The van der Waals surface area contributed by atoms with E-state index >= 15 is 0 Å². The van der Waals surface area contributed by atoms with Crippen LogP contribution in [-0.4, -0.2) is 33.5 Å². The van der Waals surface area contributed by atoms with Crippen LogP contribution in [0.4, 0.5) is 5.69 Å². The van der Waals surface area contributed by atoms with Crippen molar-refractivity contribution in [3.05, 3.63) is 65.5 Å². The fourth-order valence-electron chi connectivity index (χ4n) is 2.58. The van der Waals surface area contributed by atoms with Gasteiger partial charge in [-0.1, -0.05) is 42.1 Å². The number of anilines is 1. The number of rotatable bonds is 7. The van der Waals surface area contributed by atoms with Crippen LogP contribution < -0.4 is 10.1 Å². The van der Waals surface area contributed by atoms with Crippen LogP contribution in [0.5, 0.6) is 5.75 Å². The van der Waals surface area contributed by atoms with Crippen LogP contribution in [0, 0.1) is 6.92 Å². The van der Waals surface area contributed by atoms with Gasteiger partial charge < -0.3 is 14.6 Å². The molecular weight excluding hydrogens is 360 g/mol. The van der Waals surface area contributed by atoms with Gasteiger partial charge in [0.15, 0.2) is 5.16 Å². The molecule has 0 unspecified atom stereocenters. The first kappa shape index (κ1) is 19.0. The maximum atomic E-state index is 12.2. The number of para-hydroxylation sites is 1. The SMILES string of the molecule is COc1ccc(Cc2nnc(SCC(=O)Nc3ccccc3C)n2C)cc1. The van der Waals surface area contributed by atoms with Crippen LogP contribution >= 0.6 is 11.8 Å². The summed E-state index contributed by atoms with van der Waals surface area (Å²) in [4.78, 5) is 12.2. The normalized spacial score (nSPS) is 10.6. The molecule has 0 saturated heterocycles. The summed E-state index contributed by atoms with van der Waals surface area (Å²) in [6, 6.07) is 15.6. The van der Waals surface area contributed by atoms with Crippen molar-refractivity contribution in [2.45, 2.75) is 18.5 Å². The molecule has 0 atom stereocenters. The van der Waals surface area contributed by atoms with Crippen LogP contribution in [0.1, 0.15) is 17.0 Å². The summed E-state index contributed by atoms with van der Waals surface area (Å²) in [5.41, 5.74) is 3.00. The maximum absolute atomic E-state index is 12.2. The van der Waals surface area contributed by atoms with Gasteiger partial charge in [0.05, 0.1) is 12.9 Å². The molecule has 6 nitrogen and oxygen atoms in total. The number of thioether (sulfide) groups is 1. The highest BCUT2D eigenvalue weighted by molar-refractivity contribution is 7.99. The molecule has 0 fully saturated rings. The Morgan fingerprint density at radius 1 is 1.15 bits per heavy atom. The second-order valence-corrected chi connectivity index (χ2v) is 7.08. The maximum Gasteiger partial charge on any atom is 0.234 e. The zero-order valence-electron chi connectivity index (χ0n) is 15.6. The number of nitrogens with one attached hydrogen (secondary N) is 1. The Kier molecular flexibility index (Phi) is 6.13. The van der Waals surface area contributed by atoms with Crippen LogP contribution in [-0.2, 0) is 18.3 Å². The smallest absolute Gasteiger partial charge is 0.234 e. The second-order valence-electron chi connectivity index (χ2n) is 6.13. The lowest BCUT2D eigenvalue weighted by molar-refractivity contribution is -0.113. The third kappa shape index (κ3) is 4.89. The minimum atomic E-state index is -0.0611. The summed E-state index contributed by atoms with van der Waals surface area (Å²) in [7, 11) is 3.57. The molecule has 0 spiro atoms. The number of amides is 1. The summed E-state index contributed by atoms with van der Waals surface area (Å²) >= 11 is 1.38. The number of benzene rings is 2. The summed E-state index contributed by atoms with van der Waals surface area (Å²) in [6.45, 7) is 1.97. The monoisotopic (exact) mass is 382 g/mol. The van der Waals surface area contributed by atoms with Crippen LogP contribution in [0.2, 0.25) is 0 Å².